The number of nitrogens with zero attached hydrogens (tertiary/aromatic N) is 2. The first kappa shape index (κ1) is 16.5. The Hall–Kier alpha value is -0.920. The molecule has 7 heteroatoms. The van der Waals surface area contributed by atoms with Gasteiger partial charge in [-0.1, -0.05) is 32.6 Å². The lowest BCUT2D eigenvalue weighted by Crippen LogP contribution is -2.37. The highest BCUT2D eigenvalue weighted by molar-refractivity contribution is 7.89. The summed E-state index contributed by atoms with van der Waals surface area (Å²) in [5, 5.41) is 9.97. The van der Waals surface area contributed by atoms with Crippen LogP contribution in [0.3, 0.4) is 0 Å². The van der Waals surface area contributed by atoms with Gasteiger partial charge in [-0.15, -0.1) is 0 Å². The molecule has 1 fully saturated rings. The van der Waals surface area contributed by atoms with Gasteiger partial charge in [-0.25, -0.2) is 8.42 Å². The van der Waals surface area contributed by atoms with Crippen LogP contribution in [-0.2, 0) is 16.6 Å². The fourth-order valence-electron chi connectivity index (χ4n) is 2.87. The SMILES string of the molecule is CCNCc1cn[nH]c1S(=O)(=O)N(C)C1CCCCCC1. The minimum Gasteiger partial charge on any atom is -0.313 e. The second-order valence-corrected chi connectivity index (χ2v) is 7.61. The van der Waals surface area contributed by atoms with E-state index in [-0.39, 0.29) is 11.1 Å². The minimum absolute atomic E-state index is 0.104. The summed E-state index contributed by atoms with van der Waals surface area (Å²) >= 11 is 0. The molecule has 0 radical (unpaired) electrons. The van der Waals surface area contributed by atoms with Crippen LogP contribution in [0.4, 0.5) is 0 Å². The summed E-state index contributed by atoms with van der Waals surface area (Å²) in [6.45, 7) is 3.30. The zero-order chi connectivity index (χ0) is 15.3. The minimum atomic E-state index is -3.50. The number of sulfonamides is 1. The van der Waals surface area contributed by atoms with Crippen LogP contribution in [0.1, 0.15) is 51.0 Å². The lowest BCUT2D eigenvalue weighted by molar-refractivity contribution is 0.334. The molecular weight excluding hydrogens is 288 g/mol. The van der Waals surface area contributed by atoms with E-state index in [1.165, 1.54) is 12.8 Å². The molecule has 1 heterocycles. The highest BCUT2D eigenvalue weighted by atomic mass is 32.2. The third-order valence-electron chi connectivity index (χ3n) is 4.22. The van der Waals surface area contributed by atoms with E-state index in [1.54, 1.807) is 17.5 Å². The number of aromatic amines is 1. The summed E-state index contributed by atoms with van der Waals surface area (Å²) in [6, 6.07) is 0.104. The number of H-pyrrole nitrogens is 1. The Balaban J connectivity index is 2.18. The lowest BCUT2D eigenvalue weighted by Gasteiger charge is -2.26. The zero-order valence-electron chi connectivity index (χ0n) is 12.9. The summed E-state index contributed by atoms with van der Waals surface area (Å²) in [5.74, 6) is 0. The molecule has 1 saturated carbocycles. The Kier molecular flexibility index (Phi) is 5.78. The quantitative estimate of drug-likeness (QED) is 0.786. The third-order valence-corrected chi connectivity index (χ3v) is 6.15. The maximum absolute atomic E-state index is 12.8. The number of rotatable bonds is 6. The molecule has 0 bridgehead atoms. The maximum atomic E-state index is 12.8. The molecule has 0 saturated heterocycles. The predicted molar refractivity (Wildman–Crippen MR) is 82.4 cm³/mol. The van der Waals surface area contributed by atoms with E-state index in [0.29, 0.717) is 12.1 Å². The average Bonchev–Trinajstić information content (AvgIpc) is 2.78. The molecule has 2 N–H and O–H groups in total. The molecule has 120 valence electrons. The van der Waals surface area contributed by atoms with Gasteiger partial charge in [0.1, 0.15) is 0 Å². The molecule has 1 aromatic heterocycles. The van der Waals surface area contributed by atoms with Crippen molar-refractivity contribution in [3.8, 4) is 0 Å². The van der Waals surface area contributed by atoms with Crippen molar-refractivity contribution in [3.63, 3.8) is 0 Å². The molecule has 1 aliphatic rings. The van der Waals surface area contributed by atoms with Crippen LogP contribution in [0.5, 0.6) is 0 Å². The van der Waals surface area contributed by atoms with E-state index in [9.17, 15) is 8.42 Å². The van der Waals surface area contributed by atoms with E-state index >= 15 is 0 Å². The van der Waals surface area contributed by atoms with Crippen molar-refractivity contribution in [3.05, 3.63) is 11.8 Å². The first-order valence-corrected chi connectivity index (χ1v) is 9.22. The van der Waals surface area contributed by atoms with Gasteiger partial charge in [-0.05, 0) is 19.4 Å². The molecule has 1 aliphatic carbocycles. The standard InChI is InChI=1S/C14H26N4O2S/c1-3-15-10-12-11-16-17-14(12)21(19,20)18(2)13-8-6-4-5-7-9-13/h11,13,15H,3-10H2,1-2H3,(H,16,17). The molecule has 0 atom stereocenters. The molecule has 21 heavy (non-hydrogen) atoms. The Morgan fingerprint density at radius 1 is 1.33 bits per heavy atom. The number of hydrogen-bond donors (Lipinski definition) is 2. The molecule has 0 unspecified atom stereocenters. The predicted octanol–water partition coefficient (Wildman–Crippen LogP) is 1.86. The van der Waals surface area contributed by atoms with Gasteiger partial charge in [0, 0.05) is 25.2 Å². The van der Waals surface area contributed by atoms with Crippen LogP contribution in [0, 0.1) is 0 Å². The van der Waals surface area contributed by atoms with Crippen LogP contribution in [0.2, 0.25) is 0 Å². The topological polar surface area (TPSA) is 78.1 Å². The summed E-state index contributed by atoms with van der Waals surface area (Å²) < 4.78 is 27.2. The summed E-state index contributed by atoms with van der Waals surface area (Å²) in [4.78, 5) is 0. The monoisotopic (exact) mass is 314 g/mol. The van der Waals surface area contributed by atoms with Crippen LogP contribution in [0.25, 0.3) is 0 Å². The van der Waals surface area contributed by atoms with Crippen molar-refractivity contribution in [1.29, 1.82) is 0 Å². The highest BCUT2D eigenvalue weighted by Gasteiger charge is 2.31. The molecular formula is C14H26N4O2S. The fraction of sp³-hybridized carbons (Fsp3) is 0.786. The maximum Gasteiger partial charge on any atom is 0.260 e. The van der Waals surface area contributed by atoms with E-state index < -0.39 is 10.0 Å². The second-order valence-electron chi connectivity index (χ2n) is 5.67. The third kappa shape index (κ3) is 3.84. The van der Waals surface area contributed by atoms with Gasteiger partial charge in [0.25, 0.3) is 10.0 Å². The molecule has 0 aliphatic heterocycles. The lowest BCUT2D eigenvalue weighted by atomic mass is 10.1. The van der Waals surface area contributed by atoms with E-state index in [1.807, 2.05) is 6.92 Å². The highest BCUT2D eigenvalue weighted by Crippen LogP contribution is 2.26. The molecule has 0 amide bonds. The molecule has 0 aromatic carbocycles. The number of aromatic nitrogens is 2. The van der Waals surface area contributed by atoms with Crippen molar-refractivity contribution in [2.75, 3.05) is 13.6 Å². The summed E-state index contributed by atoms with van der Waals surface area (Å²) in [7, 11) is -1.80. The second kappa shape index (κ2) is 7.38. The van der Waals surface area contributed by atoms with Gasteiger partial charge in [0.05, 0.1) is 6.20 Å². The van der Waals surface area contributed by atoms with Gasteiger partial charge in [-0.2, -0.15) is 9.40 Å². The van der Waals surface area contributed by atoms with Crippen molar-refractivity contribution >= 4 is 10.0 Å². The smallest absolute Gasteiger partial charge is 0.260 e. The van der Waals surface area contributed by atoms with Crippen LogP contribution in [0.15, 0.2) is 11.2 Å². The van der Waals surface area contributed by atoms with Gasteiger partial charge in [0.2, 0.25) is 0 Å². The average molecular weight is 314 g/mol. The zero-order valence-corrected chi connectivity index (χ0v) is 13.7. The van der Waals surface area contributed by atoms with Crippen LogP contribution < -0.4 is 5.32 Å². The number of hydrogen-bond acceptors (Lipinski definition) is 4. The summed E-state index contributed by atoms with van der Waals surface area (Å²) in [6.07, 6.45) is 8.13. The van der Waals surface area contributed by atoms with Crippen molar-refractivity contribution < 1.29 is 8.42 Å². The molecule has 0 spiro atoms. The van der Waals surface area contributed by atoms with E-state index in [2.05, 4.69) is 15.5 Å². The summed E-state index contributed by atoms with van der Waals surface area (Å²) in [5.41, 5.74) is 0.706. The normalized spacial score (nSPS) is 18.0. The van der Waals surface area contributed by atoms with Gasteiger partial charge in [-0.3, -0.25) is 5.10 Å². The van der Waals surface area contributed by atoms with Crippen molar-refractivity contribution in [1.82, 2.24) is 19.8 Å². The van der Waals surface area contributed by atoms with Gasteiger partial charge < -0.3 is 5.32 Å². The Morgan fingerprint density at radius 3 is 2.62 bits per heavy atom. The fourth-order valence-corrected chi connectivity index (χ4v) is 4.39. The van der Waals surface area contributed by atoms with Crippen LogP contribution in [-0.4, -0.2) is 42.6 Å². The van der Waals surface area contributed by atoms with Crippen LogP contribution >= 0.6 is 0 Å². The molecule has 1 aromatic rings. The largest absolute Gasteiger partial charge is 0.313 e. The van der Waals surface area contributed by atoms with Crippen molar-refractivity contribution in [2.45, 2.75) is 63.1 Å². The Labute approximate surface area is 127 Å². The Morgan fingerprint density at radius 2 is 2.00 bits per heavy atom. The molecule has 2 rings (SSSR count). The van der Waals surface area contributed by atoms with Gasteiger partial charge >= 0.3 is 0 Å². The first-order chi connectivity index (χ1) is 10.1. The first-order valence-electron chi connectivity index (χ1n) is 7.78. The van der Waals surface area contributed by atoms with E-state index in [0.717, 1.165) is 32.2 Å². The van der Waals surface area contributed by atoms with Crippen molar-refractivity contribution in [2.24, 2.45) is 0 Å². The Bertz CT molecular complexity index is 533. The molecule has 6 nitrogen and oxygen atoms in total. The van der Waals surface area contributed by atoms with E-state index in [4.69, 9.17) is 0 Å². The van der Waals surface area contributed by atoms with Gasteiger partial charge in [0.15, 0.2) is 5.03 Å². The number of nitrogens with one attached hydrogen (secondary N) is 2.